The van der Waals surface area contributed by atoms with Gasteiger partial charge in [0.05, 0.1) is 12.8 Å². The van der Waals surface area contributed by atoms with E-state index in [0.29, 0.717) is 34.1 Å². The third-order valence-electron chi connectivity index (χ3n) is 5.75. The number of nitrogens with zero attached hydrogens (tertiary/aromatic N) is 2. The van der Waals surface area contributed by atoms with Crippen LogP contribution in [0.1, 0.15) is 19.4 Å². The summed E-state index contributed by atoms with van der Waals surface area (Å²) in [7, 11) is 1.53. The first kappa shape index (κ1) is 24.5. The van der Waals surface area contributed by atoms with E-state index in [1.165, 1.54) is 12.0 Å². The molecule has 1 heterocycles. The monoisotopic (exact) mass is 485 g/mol. The minimum Gasteiger partial charge on any atom is -0.497 e. The molecule has 0 aliphatic carbocycles. The number of ether oxygens (including phenoxy) is 1. The number of fused-ring (bicyclic) bond motifs is 1. The summed E-state index contributed by atoms with van der Waals surface area (Å²) in [5, 5.41) is 8.16. The van der Waals surface area contributed by atoms with Gasteiger partial charge in [0.15, 0.2) is 0 Å². The normalized spacial score (nSPS) is 15.6. The lowest BCUT2D eigenvalue weighted by Crippen LogP contribution is -2.54. The Morgan fingerprint density at radius 2 is 1.64 bits per heavy atom. The van der Waals surface area contributed by atoms with Crippen molar-refractivity contribution in [3.05, 3.63) is 84.4 Å². The number of para-hydroxylation sites is 2. The van der Waals surface area contributed by atoms with Crippen LogP contribution in [-0.4, -0.2) is 42.9 Å². The Hall–Kier alpha value is -4.66. The van der Waals surface area contributed by atoms with Gasteiger partial charge < -0.3 is 20.7 Å². The van der Waals surface area contributed by atoms with Crippen LogP contribution >= 0.6 is 0 Å². The number of methoxy groups -OCH3 is 1. The van der Waals surface area contributed by atoms with Gasteiger partial charge in [-0.05, 0) is 44.2 Å². The van der Waals surface area contributed by atoms with Crippen molar-refractivity contribution in [2.75, 3.05) is 22.6 Å². The predicted molar refractivity (Wildman–Crippen MR) is 140 cm³/mol. The molecule has 4 amide bonds. The minimum atomic E-state index is -1.24. The van der Waals surface area contributed by atoms with E-state index in [0.717, 1.165) is 0 Å². The average Bonchev–Trinajstić information content (AvgIpc) is 2.98. The van der Waals surface area contributed by atoms with Crippen molar-refractivity contribution in [1.29, 1.82) is 0 Å². The highest BCUT2D eigenvalue weighted by atomic mass is 16.5. The fourth-order valence-electron chi connectivity index (χ4n) is 3.93. The molecule has 36 heavy (non-hydrogen) atoms. The largest absolute Gasteiger partial charge is 0.497 e. The molecule has 1 aliphatic heterocycles. The number of carbonyl (C=O) groups is 3. The number of hydrogen-bond donors (Lipinski definition) is 3. The van der Waals surface area contributed by atoms with E-state index < -0.39 is 24.1 Å². The van der Waals surface area contributed by atoms with Gasteiger partial charge in [-0.15, -0.1) is 0 Å². The van der Waals surface area contributed by atoms with Gasteiger partial charge in [0, 0.05) is 28.7 Å². The molecule has 184 valence electrons. The van der Waals surface area contributed by atoms with E-state index in [1.807, 2.05) is 30.3 Å². The second kappa shape index (κ2) is 10.7. The van der Waals surface area contributed by atoms with E-state index in [9.17, 15) is 14.4 Å². The zero-order valence-corrected chi connectivity index (χ0v) is 20.2. The highest BCUT2D eigenvalue weighted by molar-refractivity contribution is 6.15. The van der Waals surface area contributed by atoms with Gasteiger partial charge in [-0.3, -0.25) is 19.5 Å². The average molecular weight is 486 g/mol. The van der Waals surface area contributed by atoms with Crippen LogP contribution in [0.25, 0.3) is 0 Å². The second-order valence-electron chi connectivity index (χ2n) is 8.20. The van der Waals surface area contributed by atoms with Crippen LogP contribution in [0.15, 0.2) is 83.9 Å². The molecule has 0 aromatic heterocycles. The molecule has 0 spiro atoms. The van der Waals surface area contributed by atoms with Crippen LogP contribution in [0, 0.1) is 0 Å². The number of carbonyl (C=O) groups excluding carboxylic acids is 3. The molecule has 9 nitrogen and oxygen atoms in total. The molecule has 1 aliphatic rings. The van der Waals surface area contributed by atoms with Crippen LogP contribution in [0.4, 0.5) is 21.9 Å². The molecule has 0 saturated heterocycles. The lowest BCUT2D eigenvalue weighted by molar-refractivity contribution is -0.124. The third kappa shape index (κ3) is 5.35. The zero-order valence-electron chi connectivity index (χ0n) is 20.2. The minimum absolute atomic E-state index is 0.372. The van der Waals surface area contributed by atoms with E-state index in [1.54, 1.807) is 62.4 Å². The Labute approximate surface area is 209 Å². The lowest BCUT2D eigenvalue weighted by Gasteiger charge is -2.30. The maximum Gasteiger partial charge on any atom is 0.321 e. The summed E-state index contributed by atoms with van der Waals surface area (Å²) in [6, 6.07) is 21.5. The molecule has 9 heteroatoms. The Bertz CT molecular complexity index is 1310. The number of nitrogens with one attached hydrogen (secondary N) is 3. The Balaban J connectivity index is 1.60. The van der Waals surface area contributed by atoms with Gasteiger partial charge in [0.2, 0.25) is 12.1 Å². The van der Waals surface area contributed by atoms with Crippen molar-refractivity contribution >= 4 is 40.6 Å². The number of aliphatic imine (C=N–C) groups is 1. The number of amides is 4. The quantitative estimate of drug-likeness (QED) is 0.489. The van der Waals surface area contributed by atoms with Gasteiger partial charge >= 0.3 is 6.03 Å². The van der Waals surface area contributed by atoms with Crippen LogP contribution in [0.2, 0.25) is 0 Å². The number of benzene rings is 3. The van der Waals surface area contributed by atoms with Gasteiger partial charge in [-0.1, -0.05) is 42.5 Å². The van der Waals surface area contributed by atoms with E-state index in [2.05, 4.69) is 20.9 Å². The highest BCUT2D eigenvalue weighted by Gasteiger charge is 2.36. The Morgan fingerprint density at radius 1 is 0.944 bits per heavy atom. The molecule has 0 bridgehead atoms. The smallest absolute Gasteiger partial charge is 0.321 e. The van der Waals surface area contributed by atoms with Crippen LogP contribution < -0.4 is 25.6 Å². The number of benzodiazepines with no additional fused rings is 1. The number of anilines is 3. The third-order valence-corrected chi connectivity index (χ3v) is 5.75. The summed E-state index contributed by atoms with van der Waals surface area (Å²) in [4.78, 5) is 45.5. The second-order valence-corrected chi connectivity index (χ2v) is 8.20. The summed E-state index contributed by atoms with van der Waals surface area (Å²) >= 11 is 0. The Kier molecular flexibility index (Phi) is 7.29. The fraction of sp³-hybridized carbons (Fsp3) is 0.185. The van der Waals surface area contributed by atoms with Crippen LogP contribution in [0.3, 0.4) is 0 Å². The molecule has 4 rings (SSSR count). The number of hydrogen-bond acceptors (Lipinski definition) is 5. The first-order valence-corrected chi connectivity index (χ1v) is 11.4. The topological polar surface area (TPSA) is 112 Å². The standard InChI is InChI=1S/C27H27N5O4/c1-17-22-14-7-8-15-23(22)32(18(2)25(33)29-19-10-5-4-6-11-19)26(34)24(28-17)31-27(35)30-20-12-9-13-21(16-20)36-3/h4-16,18,24H,1-3H3,(H,29,33)(H2,30,31,35). The Morgan fingerprint density at radius 3 is 2.39 bits per heavy atom. The highest BCUT2D eigenvalue weighted by Crippen LogP contribution is 2.28. The van der Waals surface area contributed by atoms with Crippen LogP contribution in [0.5, 0.6) is 5.75 Å². The molecular formula is C27H27N5O4. The van der Waals surface area contributed by atoms with Crippen molar-refractivity contribution in [2.45, 2.75) is 26.1 Å². The van der Waals surface area contributed by atoms with Gasteiger partial charge in [0.1, 0.15) is 11.8 Å². The molecule has 2 atom stereocenters. The van der Waals surface area contributed by atoms with Crippen molar-refractivity contribution in [1.82, 2.24) is 5.32 Å². The maximum absolute atomic E-state index is 13.7. The SMILES string of the molecule is COc1cccc(NC(=O)NC2N=C(C)c3ccccc3N(C(C)C(=O)Nc3ccccc3)C2=O)c1. The fourth-order valence-corrected chi connectivity index (χ4v) is 3.93. The molecule has 3 N–H and O–H groups in total. The van der Waals surface area contributed by atoms with Crippen molar-refractivity contribution in [2.24, 2.45) is 4.99 Å². The van der Waals surface area contributed by atoms with E-state index in [-0.39, 0.29) is 5.91 Å². The van der Waals surface area contributed by atoms with Crippen molar-refractivity contribution < 1.29 is 19.1 Å². The molecule has 3 aromatic rings. The molecule has 0 radical (unpaired) electrons. The van der Waals surface area contributed by atoms with Crippen molar-refractivity contribution in [3.63, 3.8) is 0 Å². The summed E-state index contributed by atoms with van der Waals surface area (Å²) in [6.45, 7) is 3.40. The molecule has 0 saturated carbocycles. The van der Waals surface area contributed by atoms with Crippen molar-refractivity contribution in [3.8, 4) is 5.75 Å². The first-order chi connectivity index (χ1) is 17.4. The van der Waals surface area contributed by atoms with Gasteiger partial charge in [-0.25, -0.2) is 4.79 Å². The summed E-state index contributed by atoms with van der Waals surface area (Å²) < 4.78 is 5.18. The number of rotatable bonds is 6. The molecular weight excluding hydrogens is 458 g/mol. The molecule has 3 aromatic carbocycles. The van der Waals surface area contributed by atoms with E-state index in [4.69, 9.17) is 4.74 Å². The lowest BCUT2D eigenvalue weighted by atomic mass is 10.1. The zero-order chi connectivity index (χ0) is 25.7. The molecule has 2 unspecified atom stereocenters. The summed E-state index contributed by atoms with van der Waals surface area (Å²) in [5.74, 6) is -0.327. The van der Waals surface area contributed by atoms with Gasteiger partial charge in [0.25, 0.3) is 5.91 Å². The first-order valence-electron chi connectivity index (χ1n) is 11.4. The summed E-state index contributed by atoms with van der Waals surface area (Å²) in [5.41, 5.74) is 2.90. The van der Waals surface area contributed by atoms with Gasteiger partial charge in [-0.2, -0.15) is 0 Å². The number of urea groups is 1. The predicted octanol–water partition coefficient (Wildman–Crippen LogP) is 4.03. The summed E-state index contributed by atoms with van der Waals surface area (Å²) in [6.07, 6.45) is -1.24. The van der Waals surface area contributed by atoms with E-state index >= 15 is 0 Å². The maximum atomic E-state index is 13.7. The molecule has 0 fully saturated rings. The van der Waals surface area contributed by atoms with Crippen LogP contribution in [-0.2, 0) is 9.59 Å².